The number of hydrogen-bond donors (Lipinski definition) is 1. The minimum Gasteiger partial charge on any atom is -0.427 e. The maximum atomic E-state index is 13.1. The van der Waals surface area contributed by atoms with Crippen molar-refractivity contribution in [2.24, 2.45) is 0 Å². The lowest BCUT2D eigenvalue weighted by molar-refractivity contribution is -0.131. The maximum absolute atomic E-state index is 13.1. The number of ether oxygens (including phenoxy) is 1. The Morgan fingerprint density at radius 3 is 2.35 bits per heavy atom. The molecular formula is C26H23NO5S2. The summed E-state index contributed by atoms with van der Waals surface area (Å²) in [6, 6.07) is 17.3. The fourth-order valence-corrected chi connectivity index (χ4v) is 6.14. The second-order valence-corrected chi connectivity index (χ2v) is 11.1. The number of thioether (sulfide) groups is 1. The molecule has 1 amide bonds. The standard InChI is InChI=1S/C26H23NO5S2/c1-16-5-4-6-17(2)22(16)15-34(30,31)21-11-12-24-23(14-21)27-26(29)25(33-24)13-19-7-9-20(10-8-19)32-18(3)28/h4-14H,15H2,1-3H3,(H,27,29). The average molecular weight is 494 g/mol. The molecule has 1 heterocycles. The van der Waals surface area contributed by atoms with Gasteiger partial charge in [0.25, 0.3) is 5.91 Å². The molecule has 0 unspecified atom stereocenters. The highest BCUT2D eigenvalue weighted by atomic mass is 32.2. The first-order valence-corrected chi connectivity index (χ1v) is 13.0. The first-order valence-electron chi connectivity index (χ1n) is 10.5. The van der Waals surface area contributed by atoms with Crippen molar-refractivity contribution in [3.05, 3.63) is 87.8 Å². The van der Waals surface area contributed by atoms with Crippen LogP contribution in [-0.2, 0) is 25.2 Å². The number of benzene rings is 3. The number of anilines is 1. The molecule has 0 saturated heterocycles. The average Bonchev–Trinajstić information content (AvgIpc) is 2.77. The Morgan fingerprint density at radius 2 is 1.71 bits per heavy atom. The number of carbonyl (C=O) groups is 2. The third kappa shape index (κ3) is 5.24. The van der Waals surface area contributed by atoms with Gasteiger partial charge in [-0.3, -0.25) is 9.59 Å². The summed E-state index contributed by atoms with van der Waals surface area (Å²) in [4.78, 5) is 25.1. The van der Waals surface area contributed by atoms with Crippen LogP contribution in [0.3, 0.4) is 0 Å². The van der Waals surface area contributed by atoms with E-state index in [0.717, 1.165) is 27.1 Å². The number of rotatable bonds is 5. The first-order chi connectivity index (χ1) is 16.1. The molecule has 34 heavy (non-hydrogen) atoms. The summed E-state index contributed by atoms with van der Waals surface area (Å²) in [6.45, 7) is 5.13. The molecule has 6 nitrogen and oxygen atoms in total. The van der Waals surface area contributed by atoms with Crippen LogP contribution in [0.25, 0.3) is 6.08 Å². The quantitative estimate of drug-likeness (QED) is 0.295. The van der Waals surface area contributed by atoms with Crippen molar-refractivity contribution in [3.8, 4) is 5.75 Å². The van der Waals surface area contributed by atoms with Crippen molar-refractivity contribution in [1.29, 1.82) is 0 Å². The summed E-state index contributed by atoms with van der Waals surface area (Å²) in [5.74, 6) is -0.388. The van der Waals surface area contributed by atoms with Gasteiger partial charge in [-0.15, -0.1) is 0 Å². The van der Waals surface area contributed by atoms with Gasteiger partial charge in [0.1, 0.15) is 5.75 Å². The molecule has 8 heteroatoms. The van der Waals surface area contributed by atoms with Crippen LogP contribution in [0.15, 0.2) is 75.4 Å². The van der Waals surface area contributed by atoms with Crippen LogP contribution in [0.4, 0.5) is 5.69 Å². The number of hydrogen-bond acceptors (Lipinski definition) is 6. The van der Waals surface area contributed by atoms with Crippen LogP contribution in [0.2, 0.25) is 0 Å². The predicted octanol–water partition coefficient (Wildman–Crippen LogP) is 5.29. The molecule has 0 atom stereocenters. The zero-order chi connectivity index (χ0) is 24.5. The van der Waals surface area contributed by atoms with Gasteiger partial charge in [0, 0.05) is 11.8 Å². The highest BCUT2D eigenvalue weighted by molar-refractivity contribution is 8.04. The van der Waals surface area contributed by atoms with Crippen LogP contribution in [0.1, 0.15) is 29.2 Å². The third-order valence-electron chi connectivity index (χ3n) is 5.42. The zero-order valence-electron chi connectivity index (χ0n) is 18.9. The van der Waals surface area contributed by atoms with E-state index in [-0.39, 0.29) is 16.6 Å². The highest BCUT2D eigenvalue weighted by Gasteiger charge is 2.25. The van der Waals surface area contributed by atoms with E-state index in [1.807, 2.05) is 32.0 Å². The molecule has 1 N–H and O–H groups in total. The topological polar surface area (TPSA) is 89.5 Å². The van der Waals surface area contributed by atoms with Crippen LogP contribution in [-0.4, -0.2) is 20.3 Å². The number of aryl methyl sites for hydroxylation is 2. The number of carbonyl (C=O) groups excluding carboxylic acids is 2. The summed E-state index contributed by atoms with van der Waals surface area (Å²) in [6.07, 6.45) is 1.73. The Bertz CT molecular complexity index is 1400. The second-order valence-electron chi connectivity index (χ2n) is 8.01. The zero-order valence-corrected chi connectivity index (χ0v) is 20.5. The third-order valence-corrected chi connectivity index (χ3v) is 8.16. The number of amides is 1. The molecule has 3 aromatic carbocycles. The summed E-state index contributed by atoms with van der Waals surface area (Å²) >= 11 is 1.27. The Kier molecular flexibility index (Phi) is 6.63. The fraction of sp³-hybridized carbons (Fsp3) is 0.154. The fourth-order valence-electron chi connectivity index (χ4n) is 3.63. The van der Waals surface area contributed by atoms with Crippen molar-refractivity contribution in [2.45, 2.75) is 36.3 Å². The predicted molar refractivity (Wildman–Crippen MR) is 133 cm³/mol. The number of esters is 1. The van der Waals surface area contributed by atoms with Crippen molar-refractivity contribution in [3.63, 3.8) is 0 Å². The normalized spacial score (nSPS) is 14.4. The number of sulfone groups is 1. The monoisotopic (exact) mass is 493 g/mol. The van der Waals surface area contributed by atoms with E-state index in [1.165, 1.54) is 24.8 Å². The molecule has 3 aromatic rings. The van der Waals surface area contributed by atoms with Gasteiger partial charge in [-0.05, 0) is 72.5 Å². The smallest absolute Gasteiger partial charge is 0.308 e. The molecule has 0 radical (unpaired) electrons. The minimum absolute atomic E-state index is 0.0973. The molecule has 0 bridgehead atoms. The summed E-state index contributed by atoms with van der Waals surface area (Å²) in [7, 11) is -3.60. The van der Waals surface area contributed by atoms with E-state index in [0.29, 0.717) is 16.3 Å². The van der Waals surface area contributed by atoms with Gasteiger partial charge in [-0.2, -0.15) is 0 Å². The lowest BCUT2D eigenvalue weighted by Crippen LogP contribution is -2.18. The SMILES string of the molecule is CC(=O)Oc1ccc(C=C2Sc3ccc(S(=O)(=O)Cc4c(C)cccc4C)cc3NC2=O)cc1. The van der Waals surface area contributed by atoms with Crippen molar-refractivity contribution < 1.29 is 22.7 Å². The molecule has 0 aromatic heterocycles. The molecule has 1 aliphatic rings. The maximum Gasteiger partial charge on any atom is 0.308 e. The van der Waals surface area contributed by atoms with Crippen LogP contribution in [0, 0.1) is 13.8 Å². The molecule has 4 rings (SSSR count). The van der Waals surface area contributed by atoms with Crippen LogP contribution < -0.4 is 10.1 Å². The Hall–Kier alpha value is -3.36. The van der Waals surface area contributed by atoms with Gasteiger partial charge < -0.3 is 10.1 Å². The van der Waals surface area contributed by atoms with Crippen molar-refractivity contribution >= 4 is 45.2 Å². The summed E-state index contributed by atoms with van der Waals surface area (Å²) in [5.41, 5.74) is 3.90. The van der Waals surface area contributed by atoms with Crippen LogP contribution >= 0.6 is 11.8 Å². The molecule has 0 saturated carbocycles. The molecule has 174 valence electrons. The summed E-state index contributed by atoms with van der Waals surface area (Å²) in [5, 5.41) is 2.80. The largest absolute Gasteiger partial charge is 0.427 e. The van der Waals surface area contributed by atoms with Crippen molar-refractivity contribution in [1.82, 2.24) is 0 Å². The number of nitrogens with one attached hydrogen (secondary N) is 1. The van der Waals surface area contributed by atoms with E-state index in [9.17, 15) is 18.0 Å². The minimum atomic E-state index is -3.60. The molecule has 0 spiro atoms. The molecule has 0 fully saturated rings. The Balaban J connectivity index is 1.56. The van der Waals surface area contributed by atoms with Gasteiger partial charge in [0.2, 0.25) is 0 Å². The molecule has 1 aliphatic heterocycles. The van der Waals surface area contributed by atoms with E-state index >= 15 is 0 Å². The molecule has 0 aliphatic carbocycles. The van der Waals surface area contributed by atoms with E-state index in [2.05, 4.69) is 5.32 Å². The lowest BCUT2D eigenvalue weighted by Gasteiger charge is -2.20. The highest BCUT2D eigenvalue weighted by Crippen LogP contribution is 2.40. The van der Waals surface area contributed by atoms with E-state index in [1.54, 1.807) is 42.5 Å². The van der Waals surface area contributed by atoms with Crippen LogP contribution in [0.5, 0.6) is 5.75 Å². The second kappa shape index (κ2) is 9.48. The summed E-state index contributed by atoms with van der Waals surface area (Å²) < 4.78 is 31.2. The molecular weight excluding hydrogens is 470 g/mol. The Labute approximate surface area is 203 Å². The van der Waals surface area contributed by atoms with Gasteiger partial charge in [-0.25, -0.2) is 8.42 Å². The first kappa shape index (κ1) is 23.8. The van der Waals surface area contributed by atoms with Crippen molar-refractivity contribution in [2.75, 3.05) is 5.32 Å². The number of fused-ring (bicyclic) bond motifs is 1. The van der Waals surface area contributed by atoms with Gasteiger partial charge in [0.05, 0.1) is 21.2 Å². The lowest BCUT2D eigenvalue weighted by atomic mass is 10.1. The van der Waals surface area contributed by atoms with Gasteiger partial charge in [0.15, 0.2) is 9.84 Å². The van der Waals surface area contributed by atoms with Gasteiger partial charge in [-0.1, -0.05) is 42.1 Å². The van der Waals surface area contributed by atoms with E-state index in [4.69, 9.17) is 4.74 Å². The van der Waals surface area contributed by atoms with E-state index < -0.39 is 15.8 Å². The Morgan fingerprint density at radius 1 is 1.03 bits per heavy atom. The van der Waals surface area contributed by atoms with Gasteiger partial charge >= 0.3 is 5.97 Å².